The number of rotatable bonds is 7. The molecule has 2 N–H and O–H groups in total. The summed E-state index contributed by atoms with van der Waals surface area (Å²) in [6, 6.07) is 15.3. The second kappa shape index (κ2) is 8.41. The average molecular weight is 320 g/mol. The Balaban J connectivity index is 1.99. The van der Waals surface area contributed by atoms with Crippen molar-refractivity contribution in [3.8, 4) is 5.75 Å². The fraction of sp³-hybridized carbons (Fsp3) is 0.235. The maximum atomic E-state index is 11.0. The number of carbonyl (C=O) groups excluding carboxylic acids is 1. The third-order valence-corrected chi connectivity index (χ3v) is 3.35. The third kappa shape index (κ3) is 5.06. The zero-order valence-electron chi connectivity index (χ0n) is 12.1. The van der Waals surface area contributed by atoms with Crippen molar-refractivity contribution in [1.82, 2.24) is 5.32 Å². The van der Waals surface area contributed by atoms with Crippen LogP contribution in [0, 0.1) is 0 Å². The monoisotopic (exact) mass is 319 g/mol. The van der Waals surface area contributed by atoms with E-state index in [1.165, 1.54) is 0 Å². The Morgan fingerprint density at radius 2 is 1.95 bits per heavy atom. The quantitative estimate of drug-likeness (QED) is 0.824. The number of nitrogens with one attached hydrogen (secondary N) is 1. The first kappa shape index (κ1) is 16.3. The first-order valence-corrected chi connectivity index (χ1v) is 7.39. The van der Waals surface area contributed by atoms with Crippen molar-refractivity contribution in [1.29, 1.82) is 0 Å². The van der Waals surface area contributed by atoms with E-state index >= 15 is 0 Å². The smallest absolute Gasteiger partial charge is 0.245 e. The maximum Gasteiger partial charge on any atom is 0.245 e. The molecule has 2 aromatic carbocycles. The van der Waals surface area contributed by atoms with E-state index < -0.39 is 12.5 Å². The molecule has 0 fully saturated rings. The molecule has 0 aliphatic rings. The zero-order valence-corrected chi connectivity index (χ0v) is 12.8. The van der Waals surface area contributed by atoms with Crippen molar-refractivity contribution in [2.24, 2.45) is 0 Å². The fourth-order valence-electron chi connectivity index (χ4n) is 2.01. The van der Waals surface area contributed by atoms with E-state index in [1.807, 2.05) is 42.5 Å². The molecule has 0 bridgehead atoms. The molecule has 0 heterocycles. The summed E-state index contributed by atoms with van der Waals surface area (Å²) < 4.78 is 5.84. The molecule has 5 heteroatoms. The molecular formula is C17H18ClNO3. The van der Waals surface area contributed by atoms with Gasteiger partial charge in [0.25, 0.3) is 0 Å². The first-order chi connectivity index (χ1) is 10.7. The van der Waals surface area contributed by atoms with Crippen LogP contribution in [-0.2, 0) is 17.8 Å². The minimum atomic E-state index is -0.507. The molecule has 4 nitrogen and oxygen atoms in total. The maximum absolute atomic E-state index is 11.0. The van der Waals surface area contributed by atoms with Gasteiger partial charge in [-0.15, -0.1) is 0 Å². The van der Waals surface area contributed by atoms with Crippen molar-refractivity contribution in [2.45, 2.75) is 13.0 Å². The normalized spacial score (nSPS) is 10.3. The van der Waals surface area contributed by atoms with Gasteiger partial charge in [-0.1, -0.05) is 41.9 Å². The largest absolute Gasteiger partial charge is 0.489 e. The third-order valence-electron chi connectivity index (χ3n) is 3.12. The summed E-state index contributed by atoms with van der Waals surface area (Å²) in [6.07, 6.45) is 0.580. The number of carbonyl (C=O) groups is 1. The van der Waals surface area contributed by atoms with Crippen LogP contribution >= 0.6 is 11.6 Å². The van der Waals surface area contributed by atoms with E-state index in [0.717, 1.165) is 16.9 Å². The standard InChI is InChI=1S/C17H18ClNO3/c18-15-6-7-16(22-12-13-4-2-1-3-5-13)14(10-15)8-9-19-17(21)11-20/h1-7,10,20H,8-9,11-12H2,(H,19,21). The van der Waals surface area contributed by atoms with Gasteiger partial charge >= 0.3 is 0 Å². The van der Waals surface area contributed by atoms with Gasteiger partial charge in [-0.3, -0.25) is 4.79 Å². The number of halogens is 1. The molecule has 0 saturated carbocycles. The summed E-state index contributed by atoms with van der Waals surface area (Å²) in [4.78, 5) is 11.0. The number of amides is 1. The minimum Gasteiger partial charge on any atom is -0.489 e. The van der Waals surface area contributed by atoms with Gasteiger partial charge in [0, 0.05) is 11.6 Å². The molecule has 0 aliphatic heterocycles. The highest BCUT2D eigenvalue weighted by molar-refractivity contribution is 6.30. The van der Waals surface area contributed by atoms with Gasteiger partial charge < -0.3 is 15.2 Å². The highest BCUT2D eigenvalue weighted by Gasteiger charge is 2.06. The van der Waals surface area contributed by atoms with Crippen LogP contribution in [-0.4, -0.2) is 24.2 Å². The Morgan fingerprint density at radius 1 is 1.18 bits per heavy atom. The lowest BCUT2D eigenvalue weighted by Gasteiger charge is -2.12. The van der Waals surface area contributed by atoms with Crippen LogP contribution in [0.25, 0.3) is 0 Å². The molecule has 2 aromatic rings. The number of aliphatic hydroxyl groups is 1. The van der Waals surface area contributed by atoms with Crippen LogP contribution in [0.15, 0.2) is 48.5 Å². The summed E-state index contributed by atoms with van der Waals surface area (Å²) in [5.74, 6) is 0.347. The lowest BCUT2D eigenvalue weighted by Crippen LogP contribution is -2.28. The van der Waals surface area contributed by atoms with E-state index in [4.69, 9.17) is 21.4 Å². The number of benzene rings is 2. The lowest BCUT2D eigenvalue weighted by atomic mass is 10.1. The van der Waals surface area contributed by atoms with Crippen LogP contribution in [0.1, 0.15) is 11.1 Å². The van der Waals surface area contributed by atoms with Gasteiger partial charge in [-0.2, -0.15) is 0 Å². The van der Waals surface area contributed by atoms with Gasteiger partial charge in [-0.25, -0.2) is 0 Å². The van der Waals surface area contributed by atoms with Crippen LogP contribution in [0.2, 0.25) is 5.02 Å². The number of hydrogen-bond donors (Lipinski definition) is 2. The predicted molar refractivity (Wildman–Crippen MR) is 86.0 cm³/mol. The van der Waals surface area contributed by atoms with Gasteiger partial charge in [-0.05, 0) is 35.7 Å². The van der Waals surface area contributed by atoms with E-state index in [0.29, 0.717) is 24.6 Å². The SMILES string of the molecule is O=C(CO)NCCc1cc(Cl)ccc1OCc1ccccc1. The van der Waals surface area contributed by atoms with Crippen molar-refractivity contribution < 1.29 is 14.6 Å². The summed E-state index contributed by atoms with van der Waals surface area (Å²) >= 11 is 6.02. The topological polar surface area (TPSA) is 58.6 Å². The number of aliphatic hydroxyl groups excluding tert-OH is 1. The molecule has 116 valence electrons. The molecule has 0 aromatic heterocycles. The van der Waals surface area contributed by atoms with Crippen LogP contribution < -0.4 is 10.1 Å². The Kier molecular flexibility index (Phi) is 6.25. The summed E-state index contributed by atoms with van der Waals surface area (Å²) in [7, 11) is 0. The fourth-order valence-corrected chi connectivity index (χ4v) is 2.21. The van der Waals surface area contributed by atoms with Gasteiger partial charge in [0.15, 0.2) is 0 Å². The van der Waals surface area contributed by atoms with Crippen molar-refractivity contribution >= 4 is 17.5 Å². The molecular weight excluding hydrogens is 302 g/mol. The Morgan fingerprint density at radius 3 is 2.68 bits per heavy atom. The number of hydrogen-bond acceptors (Lipinski definition) is 3. The second-order valence-corrected chi connectivity index (χ2v) is 5.22. The van der Waals surface area contributed by atoms with Crippen LogP contribution in [0.3, 0.4) is 0 Å². The summed E-state index contributed by atoms with van der Waals surface area (Å²) in [5.41, 5.74) is 2.00. The Hall–Kier alpha value is -2.04. The molecule has 0 aliphatic carbocycles. The van der Waals surface area contributed by atoms with Crippen molar-refractivity contribution in [2.75, 3.05) is 13.2 Å². The second-order valence-electron chi connectivity index (χ2n) is 4.78. The highest BCUT2D eigenvalue weighted by Crippen LogP contribution is 2.24. The molecule has 1 amide bonds. The predicted octanol–water partition coefficient (Wildman–Crippen LogP) is 2.57. The van der Waals surface area contributed by atoms with Crippen molar-refractivity contribution in [3.63, 3.8) is 0 Å². The highest BCUT2D eigenvalue weighted by atomic mass is 35.5. The van der Waals surface area contributed by atoms with E-state index in [9.17, 15) is 4.79 Å². The van der Waals surface area contributed by atoms with E-state index in [1.54, 1.807) is 6.07 Å². The van der Waals surface area contributed by atoms with Gasteiger partial charge in [0.05, 0.1) is 0 Å². The van der Waals surface area contributed by atoms with Crippen molar-refractivity contribution in [3.05, 3.63) is 64.7 Å². The molecule has 0 saturated heterocycles. The number of ether oxygens (including phenoxy) is 1. The molecule has 0 radical (unpaired) electrons. The molecule has 0 spiro atoms. The Bertz CT molecular complexity index is 617. The molecule has 0 unspecified atom stereocenters. The molecule has 0 atom stereocenters. The van der Waals surface area contributed by atoms with E-state index in [2.05, 4.69) is 5.32 Å². The van der Waals surface area contributed by atoms with Gasteiger partial charge in [0.2, 0.25) is 5.91 Å². The van der Waals surface area contributed by atoms with Gasteiger partial charge in [0.1, 0.15) is 19.0 Å². The van der Waals surface area contributed by atoms with E-state index in [-0.39, 0.29) is 0 Å². The Labute approximate surface area is 134 Å². The zero-order chi connectivity index (χ0) is 15.8. The minimum absolute atomic E-state index is 0.395. The molecule has 22 heavy (non-hydrogen) atoms. The summed E-state index contributed by atoms with van der Waals surface area (Å²) in [6.45, 7) is 0.382. The average Bonchev–Trinajstić information content (AvgIpc) is 2.55. The summed E-state index contributed by atoms with van der Waals surface area (Å²) in [5, 5.41) is 11.9. The molecule has 2 rings (SSSR count). The van der Waals surface area contributed by atoms with Crippen LogP contribution in [0.4, 0.5) is 0 Å². The van der Waals surface area contributed by atoms with Crippen LogP contribution in [0.5, 0.6) is 5.75 Å². The lowest BCUT2D eigenvalue weighted by molar-refractivity contribution is -0.123. The first-order valence-electron chi connectivity index (χ1n) is 7.02.